The van der Waals surface area contributed by atoms with Gasteiger partial charge in [0.05, 0.1) is 0 Å². The van der Waals surface area contributed by atoms with Gasteiger partial charge in [0.25, 0.3) is 0 Å². The van der Waals surface area contributed by atoms with E-state index in [2.05, 4.69) is 67.3 Å². The summed E-state index contributed by atoms with van der Waals surface area (Å²) in [6.45, 7) is 7.39. The molecular weight excluding hydrogens is 256 g/mol. The number of rotatable bonds is 3. The van der Waals surface area contributed by atoms with Gasteiger partial charge in [0.1, 0.15) is 0 Å². The van der Waals surface area contributed by atoms with Crippen molar-refractivity contribution >= 4 is 0 Å². The predicted octanol–water partition coefficient (Wildman–Crippen LogP) is 3.23. The van der Waals surface area contributed by atoms with Crippen LogP contribution in [0.3, 0.4) is 0 Å². The van der Waals surface area contributed by atoms with Gasteiger partial charge in [0.2, 0.25) is 0 Å². The lowest BCUT2D eigenvalue weighted by Crippen LogP contribution is -2.28. The maximum Gasteiger partial charge on any atom is 0.0250 e. The van der Waals surface area contributed by atoms with E-state index in [-0.39, 0.29) is 6.04 Å². The first-order valence-corrected chi connectivity index (χ1v) is 7.72. The number of hydrogen-bond donors (Lipinski definition) is 1. The topological polar surface area (TPSA) is 29.3 Å². The smallest absolute Gasteiger partial charge is 0.0250 e. The lowest BCUT2D eigenvalue weighted by atomic mass is 9.95. The molecule has 0 radical (unpaired) electrons. The summed E-state index contributed by atoms with van der Waals surface area (Å²) in [5, 5.41) is 0. The van der Waals surface area contributed by atoms with Crippen LogP contribution in [0.4, 0.5) is 0 Å². The molecule has 2 aromatic carbocycles. The van der Waals surface area contributed by atoms with Crippen molar-refractivity contribution in [3.8, 4) is 0 Å². The summed E-state index contributed by atoms with van der Waals surface area (Å²) in [6.07, 6.45) is 0. The van der Waals surface area contributed by atoms with Gasteiger partial charge in [-0.05, 0) is 30.5 Å². The van der Waals surface area contributed by atoms with E-state index in [1.54, 1.807) is 0 Å². The molecule has 0 saturated carbocycles. The number of nitrogens with zero attached hydrogens (tertiary/aromatic N) is 1. The van der Waals surface area contributed by atoms with E-state index < -0.39 is 0 Å². The second-order valence-electron chi connectivity index (χ2n) is 6.31. The van der Waals surface area contributed by atoms with Gasteiger partial charge in [-0.25, -0.2) is 0 Å². The molecule has 2 aromatic rings. The van der Waals surface area contributed by atoms with Crippen molar-refractivity contribution in [3.63, 3.8) is 0 Å². The third-order valence-corrected chi connectivity index (χ3v) is 4.57. The van der Waals surface area contributed by atoms with Gasteiger partial charge in [0.15, 0.2) is 0 Å². The average molecular weight is 280 g/mol. The molecular formula is C19H24N2. The van der Waals surface area contributed by atoms with Gasteiger partial charge in [-0.3, -0.25) is 4.90 Å². The molecule has 21 heavy (non-hydrogen) atoms. The first-order valence-electron chi connectivity index (χ1n) is 7.72. The van der Waals surface area contributed by atoms with E-state index in [1.807, 2.05) is 0 Å². The fourth-order valence-corrected chi connectivity index (χ4v) is 3.31. The lowest BCUT2D eigenvalue weighted by Gasteiger charge is -2.18. The van der Waals surface area contributed by atoms with Crippen molar-refractivity contribution in [2.45, 2.75) is 32.4 Å². The monoisotopic (exact) mass is 280 g/mol. The Morgan fingerprint density at radius 2 is 1.81 bits per heavy atom. The Kier molecular flexibility index (Phi) is 4.09. The molecule has 0 aliphatic carbocycles. The van der Waals surface area contributed by atoms with Crippen LogP contribution in [-0.2, 0) is 6.54 Å². The highest BCUT2D eigenvalue weighted by molar-refractivity contribution is 5.31. The average Bonchev–Trinajstić information content (AvgIpc) is 2.84. The zero-order valence-electron chi connectivity index (χ0n) is 12.9. The molecule has 0 amide bonds. The lowest BCUT2D eigenvalue weighted by molar-refractivity contribution is 0.323. The number of nitrogens with two attached hydrogens (primary N) is 1. The Morgan fingerprint density at radius 3 is 2.57 bits per heavy atom. The van der Waals surface area contributed by atoms with Gasteiger partial charge in [-0.2, -0.15) is 0 Å². The summed E-state index contributed by atoms with van der Waals surface area (Å²) in [5.74, 6) is 0.455. The molecule has 1 saturated heterocycles. The van der Waals surface area contributed by atoms with Gasteiger partial charge in [0, 0.05) is 31.6 Å². The zero-order valence-corrected chi connectivity index (χ0v) is 12.9. The Morgan fingerprint density at radius 1 is 1.05 bits per heavy atom. The van der Waals surface area contributed by atoms with E-state index in [4.69, 9.17) is 5.73 Å². The van der Waals surface area contributed by atoms with Crippen LogP contribution in [0.15, 0.2) is 48.5 Å². The molecule has 1 aliphatic heterocycles. The van der Waals surface area contributed by atoms with E-state index in [1.165, 1.54) is 22.3 Å². The van der Waals surface area contributed by atoms with Crippen molar-refractivity contribution < 1.29 is 0 Å². The molecule has 1 fully saturated rings. The van der Waals surface area contributed by atoms with Crippen LogP contribution in [0.1, 0.15) is 28.2 Å². The van der Waals surface area contributed by atoms with Crippen LogP contribution in [0.5, 0.6) is 0 Å². The van der Waals surface area contributed by atoms with Gasteiger partial charge < -0.3 is 5.73 Å². The first-order chi connectivity index (χ1) is 10.1. The van der Waals surface area contributed by atoms with Crippen molar-refractivity contribution in [2.75, 3.05) is 13.1 Å². The second kappa shape index (κ2) is 6.00. The van der Waals surface area contributed by atoms with E-state index in [0.717, 1.165) is 19.6 Å². The number of hydrogen-bond acceptors (Lipinski definition) is 2. The van der Waals surface area contributed by atoms with Gasteiger partial charge in [-0.1, -0.05) is 54.1 Å². The molecule has 0 bridgehead atoms. The van der Waals surface area contributed by atoms with Crippen molar-refractivity contribution in [1.82, 2.24) is 4.90 Å². The standard InChI is InChI=1S/C19H24N2/c1-14-8-9-15(2)17(10-14)11-21-12-18(19(20)13-21)16-6-4-3-5-7-16/h3-10,18-19H,11-13,20H2,1-2H3/t18-,19+/m0/s1. The second-order valence-corrected chi connectivity index (χ2v) is 6.31. The summed E-state index contributed by atoms with van der Waals surface area (Å²) in [6, 6.07) is 17.6. The highest BCUT2D eigenvalue weighted by Gasteiger charge is 2.31. The SMILES string of the molecule is Cc1ccc(C)c(CN2C[C@@H](N)[C@H](c3ccccc3)C2)c1. The van der Waals surface area contributed by atoms with Crippen LogP contribution in [0.2, 0.25) is 0 Å². The van der Waals surface area contributed by atoms with Crippen LogP contribution >= 0.6 is 0 Å². The molecule has 0 aromatic heterocycles. The number of benzene rings is 2. The highest BCUT2D eigenvalue weighted by Crippen LogP contribution is 2.28. The fraction of sp³-hybridized carbons (Fsp3) is 0.368. The Labute approximate surface area is 127 Å². The molecule has 0 unspecified atom stereocenters. The molecule has 0 spiro atoms. The summed E-state index contributed by atoms with van der Waals surface area (Å²) < 4.78 is 0. The number of likely N-dealkylation sites (tertiary alicyclic amines) is 1. The molecule has 1 heterocycles. The van der Waals surface area contributed by atoms with Crippen LogP contribution in [0.25, 0.3) is 0 Å². The van der Waals surface area contributed by atoms with Crippen molar-refractivity contribution in [2.24, 2.45) is 5.73 Å². The largest absolute Gasteiger partial charge is 0.326 e. The molecule has 2 atom stereocenters. The predicted molar refractivity (Wildman–Crippen MR) is 88.4 cm³/mol. The van der Waals surface area contributed by atoms with Crippen LogP contribution in [0, 0.1) is 13.8 Å². The van der Waals surface area contributed by atoms with E-state index >= 15 is 0 Å². The van der Waals surface area contributed by atoms with E-state index in [0.29, 0.717) is 5.92 Å². The van der Waals surface area contributed by atoms with Crippen molar-refractivity contribution in [1.29, 1.82) is 0 Å². The minimum Gasteiger partial charge on any atom is -0.326 e. The summed E-state index contributed by atoms with van der Waals surface area (Å²) in [7, 11) is 0. The van der Waals surface area contributed by atoms with Crippen LogP contribution < -0.4 is 5.73 Å². The van der Waals surface area contributed by atoms with Gasteiger partial charge >= 0.3 is 0 Å². The normalized spacial score (nSPS) is 22.6. The maximum atomic E-state index is 6.38. The van der Waals surface area contributed by atoms with Crippen LogP contribution in [-0.4, -0.2) is 24.0 Å². The zero-order chi connectivity index (χ0) is 14.8. The number of aryl methyl sites for hydroxylation is 2. The molecule has 2 heteroatoms. The van der Waals surface area contributed by atoms with E-state index in [9.17, 15) is 0 Å². The third-order valence-electron chi connectivity index (χ3n) is 4.57. The Hall–Kier alpha value is -1.64. The maximum absolute atomic E-state index is 6.38. The summed E-state index contributed by atoms with van der Waals surface area (Å²) in [5.41, 5.74) is 11.9. The molecule has 2 N–H and O–H groups in total. The van der Waals surface area contributed by atoms with Crippen molar-refractivity contribution in [3.05, 3.63) is 70.8 Å². The fourth-order valence-electron chi connectivity index (χ4n) is 3.31. The highest BCUT2D eigenvalue weighted by atomic mass is 15.2. The Balaban J connectivity index is 1.73. The summed E-state index contributed by atoms with van der Waals surface area (Å²) in [4.78, 5) is 2.49. The van der Waals surface area contributed by atoms with Gasteiger partial charge in [-0.15, -0.1) is 0 Å². The molecule has 3 rings (SSSR count). The minimum atomic E-state index is 0.234. The quantitative estimate of drug-likeness (QED) is 0.935. The molecule has 2 nitrogen and oxygen atoms in total. The molecule has 1 aliphatic rings. The first kappa shape index (κ1) is 14.3. The minimum absolute atomic E-state index is 0.234. The molecule has 110 valence electrons. The summed E-state index contributed by atoms with van der Waals surface area (Å²) >= 11 is 0. The third kappa shape index (κ3) is 3.17. The Bertz CT molecular complexity index is 606.